The zero-order chi connectivity index (χ0) is 22.1. The maximum Gasteiger partial charge on any atom is 0.339 e. The van der Waals surface area contributed by atoms with Gasteiger partial charge in [0.1, 0.15) is 17.8 Å². The SMILES string of the molecule is CC(=O)N1CCC(n2cc(C(=O)O)c3nn(COCC[Si](C)(C)C)cc3c2=O)CC1. The second kappa shape index (κ2) is 8.72. The highest BCUT2D eigenvalue weighted by atomic mass is 28.3. The van der Waals surface area contributed by atoms with Gasteiger partial charge in [-0.3, -0.25) is 9.59 Å². The van der Waals surface area contributed by atoms with E-state index in [1.807, 2.05) is 0 Å². The Balaban J connectivity index is 1.86. The van der Waals surface area contributed by atoms with Crippen LogP contribution in [0.1, 0.15) is 36.2 Å². The highest BCUT2D eigenvalue weighted by molar-refractivity contribution is 6.76. The lowest BCUT2D eigenvalue weighted by Crippen LogP contribution is -2.39. The molecule has 0 radical (unpaired) electrons. The van der Waals surface area contributed by atoms with Crippen molar-refractivity contribution in [3.8, 4) is 0 Å². The minimum Gasteiger partial charge on any atom is -0.478 e. The van der Waals surface area contributed by atoms with Crippen molar-refractivity contribution >= 4 is 30.9 Å². The van der Waals surface area contributed by atoms with Crippen LogP contribution in [0.5, 0.6) is 0 Å². The van der Waals surface area contributed by atoms with Crippen molar-refractivity contribution in [2.75, 3.05) is 19.7 Å². The number of hydrogen-bond donors (Lipinski definition) is 1. The largest absolute Gasteiger partial charge is 0.478 e. The third-order valence-corrected chi connectivity index (χ3v) is 7.21. The molecule has 0 saturated carbocycles. The second-order valence-corrected chi connectivity index (χ2v) is 14.7. The lowest BCUT2D eigenvalue weighted by molar-refractivity contribution is -0.130. The fourth-order valence-electron chi connectivity index (χ4n) is 3.66. The zero-order valence-electron chi connectivity index (χ0n) is 18.1. The average Bonchev–Trinajstić information content (AvgIpc) is 3.09. The number of likely N-dealkylation sites (tertiary alicyclic amines) is 1. The van der Waals surface area contributed by atoms with Gasteiger partial charge >= 0.3 is 5.97 Å². The molecule has 3 heterocycles. The van der Waals surface area contributed by atoms with Gasteiger partial charge in [0.25, 0.3) is 5.56 Å². The number of nitrogens with zero attached hydrogens (tertiary/aromatic N) is 4. The van der Waals surface area contributed by atoms with Crippen molar-refractivity contribution < 1.29 is 19.4 Å². The van der Waals surface area contributed by atoms with Crippen molar-refractivity contribution in [3.63, 3.8) is 0 Å². The Morgan fingerprint density at radius 1 is 1.23 bits per heavy atom. The van der Waals surface area contributed by atoms with Crippen LogP contribution in [0.2, 0.25) is 25.7 Å². The number of carbonyl (C=O) groups is 2. The maximum atomic E-state index is 13.1. The number of rotatable bonds is 7. The summed E-state index contributed by atoms with van der Waals surface area (Å²) in [6.45, 7) is 10.2. The van der Waals surface area contributed by atoms with E-state index in [1.54, 1.807) is 11.1 Å². The van der Waals surface area contributed by atoms with E-state index in [0.717, 1.165) is 6.04 Å². The third-order valence-electron chi connectivity index (χ3n) is 5.50. The molecule has 1 amide bonds. The van der Waals surface area contributed by atoms with Gasteiger partial charge in [-0.15, -0.1) is 0 Å². The van der Waals surface area contributed by atoms with E-state index >= 15 is 0 Å². The van der Waals surface area contributed by atoms with Gasteiger partial charge in [0.2, 0.25) is 5.91 Å². The van der Waals surface area contributed by atoms with Crippen LogP contribution in [0.25, 0.3) is 10.9 Å². The summed E-state index contributed by atoms with van der Waals surface area (Å²) in [5.41, 5.74) is -0.0808. The molecule has 164 valence electrons. The molecule has 1 fully saturated rings. The Kier molecular flexibility index (Phi) is 6.46. The van der Waals surface area contributed by atoms with Crippen LogP contribution in [0.4, 0.5) is 0 Å². The molecule has 0 spiro atoms. The fraction of sp³-hybridized carbons (Fsp3) is 0.600. The molecule has 2 aromatic rings. The van der Waals surface area contributed by atoms with Gasteiger partial charge in [0, 0.05) is 53.1 Å². The van der Waals surface area contributed by atoms with Gasteiger partial charge in [-0.05, 0) is 18.9 Å². The number of ether oxygens (including phenoxy) is 1. The van der Waals surface area contributed by atoms with Gasteiger partial charge in [-0.2, -0.15) is 5.10 Å². The predicted octanol–water partition coefficient (Wildman–Crippen LogP) is 2.39. The maximum absolute atomic E-state index is 13.1. The summed E-state index contributed by atoms with van der Waals surface area (Å²) < 4.78 is 8.68. The van der Waals surface area contributed by atoms with Crippen molar-refractivity contribution in [2.45, 2.75) is 58.2 Å². The summed E-state index contributed by atoms with van der Waals surface area (Å²) in [5, 5.41) is 14.3. The van der Waals surface area contributed by atoms with Crippen LogP contribution in [0.15, 0.2) is 17.2 Å². The van der Waals surface area contributed by atoms with Crippen molar-refractivity contribution in [1.82, 2.24) is 19.2 Å². The Bertz CT molecular complexity index is 999. The van der Waals surface area contributed by atoms with E-state index in [1.165, 1.54) is 22.4 Å². The standard InChI is InChI=1S/C20H30N4O5Si/c1-14(25)22-7-5-15(6-8-22)24-12-17(20(27)28)18-16(19(24)26)11-23(21-18)13-29-9-10-30(2,3)4/h11-12,15H,5-10,13H2,1-4H3,(H,27,28). The molecule has 0 bridgehead atoms. The van der Waals surface area contributed by atoms with E-state index in [2.05, 4.69) is 24.7 Å². The van der Waals surface area contributed by atoms with E-state index in [0.29, 0.717) is 32.5 Å². The number of aromatic carboxylic acids is 1. The summed E-state index contributed by atoms with van der Waals surface area (Å²) >= 11 is 0. The van der Waals surface area contributed by atoms with Gasteiger partial charge in [0.15, 0.2) is 0 Å². The lowest BCUT2D eigenvalue weighted by atomic mass is 10.0. The molecule has 1 aliphatic rings. The minimum atomic E-state index is -1.21. The van der Waals surface area contributed by atoms with Crippen LogP contribution in [-0.4, -0.2) is 64.0 Å². The summed E-state index contributed by atoms with van der Waals surface area (Å²) in [5.74, 6) is -1.11. The molecule has 9 nitrogen and oxygen atoms in total. The molecular formula is C20H30N4O5Si. The van der Waals surface area contributed by atoms with Crippen LogP contribution >= 0.6 is 0 Å². The van der Waals surface area contributed by atoms with Crippen LogP contribution < -0.4 is 5.56 Å². The van der Waals surface area contributed by atoms with Gasteiger partial charge in [-0.25, -0.2) is 9.48 Å². The Morgan fingerprint density at radius 2 is 1.90 bits per heavy atom. The number of piperidine rings is 1. The molecule has 1 saturated heterocycles. The number of carbonyl (C=O) groups excluding carboxylic acids is 1. The molecule has 30 heavy (non-hydrogen) atoms. The number of aromatic nitrogens is 3. The van der Waals surface area contributed by atoms with E-state index < -0.39 is 14.0 Å². The highest BCUT2D eigenvalue weighted by Gasteiger charge is 2.26. The monoisotopic (exact) mass is 434 g/mol. The molecule has 3 rings (SSSR count). The molecule has 10 heteroatoms. The van der Waals surface area contributed by atoms with Crippen molar-refractivity contribution in [1.29, 1.82) is 0 Å². The molecule has 1 aliphatic heterocycles. The van der Waals surface area contributed by atoms with Crippen molar-refractivity contribution in [2.24, 2.45) is 0 Å². The van der Waals surface area contributed by atoms with Gasteiger partial charge < -0.3 is 19.3 Å². The number of fused-ring (bicyclic) bond motifs is 1. The Hall–Kier alpha value is -2.46. The number of carboxylic acid groups (broad SMARTS) is 1. The summed E-state index contributed by atoms with van der Waals surface area (Å²) in [4.78, 5) is 38.2. The third kappa shape index (κ3) is 4.98. The first-order valence-electron chi connectivity index (χ1n) is 10.3. The molecule has 2 aromatic heterocycles. The number of pyridine rings is 1. The molecular weight excluding hydrogens is 404 g/mol. The zero-order valence-corrected chi connectivity index (χ0v) is 19.1. The first-order chi connectivity index (χ1) is 14.1. The minimum absolute atomic E-state index is 0.000513. The summed E-state index contributed by atoms with van der Waals surface area (Å²) in [6.07, 6.45) is 4.18. The van der Waals surface area contributed by atoms with E-state index in [-0.39, 0.29) is 40.7 Å². The fourth-order valence-corrected chi connectivity index (χ4v) is 4.42. The topological polar surface area (TPSA) is 107 Å². The molecule has 0 aromatic carbocycles. The van der Waals surface area contributed by atoms with Crippen LogP contribution in [-0.2, 0) is 16.3 Å². The summed E-state index contributed by atoms with van der Waals surface area (Å²) in [6, 6.07) is 0.867. The first-order valence-corrected chi connectivity index (χ1v) is 14.0. The molecule has 0 aliphatic carbocycles. The highest BCUT2D eigenvalue weighted by Crippen LogP contribution is 2.24. The van der Waals surface area contributed by atoms with E-state index in [4.69, 9.17) is 4.74 Å². The smallest absolute Gasteiger partial charge is 0.339 e. The summed E-state index contributed by atoms with van der Waals surface area (Å²) in [7, 11) is -1.21. The normalized spacial score (nSPS) is 15.7. The Labute approximate surface area is 176 Å². The van der Waals surface area contributed by atoms with Crippen LogP contribution in [0.3, 0.4) is 0 Å². The second-order valence-electron chi connectivity index (χ2n) is 9.08. The number of hydrogen-bond acceptors (Lipinski definition) is 5. The first kappa shape index (κ1) is 22.2. The Morgan fingerprint density at radius 3 is 2.47 bits per heavy atom. The molecule has 0 atom stereocenters. The van der Waals surface area contributed by atoms with Crippen LogP contribution in [0, 0.1) is 0 Å². The van der Waals surface area contributed by atoms with Gasteiger partial charge in [-0.1, -0.05) is 19.6 Å². The average molecular weight is 435 g/mol. The number of amides is 1. The lowest BCUT2D eigenvalue weighted by Gasteiger charge is -2.32. The van der Waals surface area contributed by atoms with E-state index in [9.17, 15) is 19.5 Å². The van der Waals surface area contributed by atoms with Crippen molar-refractivity contribution in [3.05, 3.63) is 28.3 Å². The quantitative estimate of drug-likeness (QED) is 0.530. The predicted molar refractivity (Wildman–Crippen MR) is 116 cm³/mol. The van der Waals surface area contributed by atoms with Gasteiger partial charge in [0.05, 0.1) is 5.39 Å². The number of carboxylic acids is 1. The molecule has 1 N–H and O–H groups in total. The molecule has 0 unspecified atom stereocenters.